The Morgan fingerprint density at radius 1 is 1.26 bits per heavy atom. The van der Waals surface area contributed by atoms with Crippen LogP contribution < -0.4 is 4.74 Å². The van der Waals surface area contributed by atoms with Crippen LogP contribution in [-0.4, -0.2) is 21.7 Å². The summed E-state index contributed by atoms with van der Waals surface area (Å²) in [5.74, 6) is 1.34. The van der Waals surface area contributed by atoms with Gasteiger partial charge in [0.2, 0.25) is 0 Å². The maximum Gasteiger partial charge on any atom is 0.173 e. The minimum Gasteiger partial charge on any atom is -0.489 e. The van der Waals surface area contributed by atoms with Crippen molar-refractivity contribution in [2.45, 2.75) is 39.7 Å². The van der Waals surface area contributed by atoms with Gasteiger partial charge in [-0.15, -0.1) is 0 Å². The SMILES string of the molecule is CCc1c(CC=O)cccc1-c1nsc(-c2ccc(OC(C)C)c(Cl)c2)n1. The molecule has 1 heterocycles. The molecule has 0 N–H and O–H groups in total. The molecular weight excluding hydrogens is 380 g/mol. The summed E-state index contributed by atoms with van der Waals surface area (Å²) in [5, 5.41) is 1.35. The van der Waals surface area contributed by atoms with Crippen molar-refractivity contribution in [3.05, 3.63) is 52.5 Å². The van der Waals surface area contributed by atoms with Gasteiger partial charge in [0.25, 0.3) is 0 Å². The molecule has 0 atom stereocenters. The van der Waals surface area contributed by atoms with Gasteiger partial charge in [0.15, 0.2) is 5.82 Å². The summed E-state index contributed by atoms with van der Waals surface area (Å²) < 4.78 is 10.2. The number of ether oxygens (including phenoxy) is 1. The van der Waals surface area contributed by atoms with Crippen LogP contribution in [0.1, 0.15) is 31.9 Å². The average Bonchev–Trinajstić information content (AvgIpc) is 3.13. The number of carbonyl (C=O) groups excluding carboxylic acids is 1. The summed E-state index contributed by atoms with van der Waals surface area (Å²) in [6.07, 6.45) is 2.22. The molecule has 140 valence electrons. The van der Waals surface area contributed by atoms with Gasteiger partial charge in [-0.3, -0.25) is 0 Å². The highest BCUT2D eigenvalue weighted by molar-refractivity contribution is 7.09. The van der Waals surface area contributed by atoms with Crippen molar-refractivity contribution in [3.63, 3.8) is 0 Å². The normalized spacial score (nSPS) is 11.0. The van der Waals surface area contributed by atoms with E-state index < -0.39 is 0 Å². The number of carbonyl (C=O) groups is 1. The van der Waals surface area contributed by atoms with Crippen molar-refractivity contribution in [1.29, 1.82) is 0 Å². The second kappa shape index (κ2) is 8.63. The fourth-order valence-electron chi connectivity index (χ4n) is 2.98. The number of hydrogen-bond donors (Lipinski definition) is 0. The van der Waals surface area contributed by atoms with E-state index in [4.69, 9.17) is 21.3 Å². The molecule has 3 aromatic rings. The first-order valence-corrected chi connectivity index (χ1v) is 10.0. The lowest BCUT2D eigenvalue weighted by molar-refractivity contribution is -0.107. The molecule has 0 radical (unpaired) electrons. The molecule has 0 aliphatic heterocycles. The highest BCUT2D eigenvalue weighted by atomic mass is 35.5. The number of nitrogens with zero attached hydrogens (tertiary/aromatic N) is 2. The van der Waals surface area contributed by atoms with E-state index in [0.717, 1.165) is 40.0 Å². The smallest absolute Gasteiger partial charge is 0.173 e. The zero-order chi connectivity index (χ0) is 19.4. The molecule has 0 unspecified atom stereocenters. The Morgan fingerprint density at radius 2 is 2.07 bits per heavy atom. The standard InChI is InChI=1S/C21H21ClN2O2S/c1-4-16-14(10-11-25)6-5-7-17(16)20-23-21(27-24-20)15-8-9-19(18(22)12-15)26-13(2)3/h5-9,11-13H,4,10H2,1-3H3. The molecule has 0 saturated carbocycles. The fraction of sp³-hybridized carbons (Fsp3) is 0.286. The molecule has 0 fully saturated rings. The van der Waals surface area contributed by atoms with Crippen LogP contribution in [0.3, 0.4) is 0 Å². The maximum atomic E-state index is 11.0. The molecule has 27 heavy (non-hydrogen) atoms. The van der Waals surface area contributed by atoms with Gasteiger partial charge in [-0.05, 0) is 61.1 Å². The Labute approximate surface area is 168 Å². The van der Waals surface area contributed by atoms with E-state index in [2.05, 4.69) is 11.3 Å². The van der Waals surface area contributed by atoms with Crippen LogP contribution in [0.15, 0.2) is 36.4 Å². The number of hydrogen-bond acceptors (Lipinski definition) is 5. The van der Waals surface area contributed by atoms with E-state index >= 15 is 0 Å². The Morgan fingerprint density at radius 3 is 2.74 bits per heavy atom. The predicted molar refractivity (Wildman–Crippen MR) is 111 cm³/mol. The summed E-state index contributed by atoms with van der Waals surface area (Å²) in [7, 11) is 0. The third-order valence-electron chi connectivity index (χ3n) is 4.14. The monoisotopic (exact) mass is 400 g/mol. The summed E-state index contributed by atoms with van der Waals surface area (Å²) in [4.78, 5) is 15.7. The summed E-state index contributed by atoms with van der Waals surface area (Å²) >= 11 is 7.68. The van der Waals surface area contributed by atoms with Crippen molar-refractivity contribution in [3.8, 4) is 27.7 Å². The quantitative estimate of drug-likeness (QED) is 0.483. The van der Waals surface area contributed by atoms with Crippen molar-refractivity contribution >= 4 is 29.4 Å². The molecule has 0 amide bonds. The van der Waals surface area contributed by atoms with E-state index in [0.29, 0.717) is 23.0 Å². The lowest BCUT2D eigenvalue weighted by atomic mass is 9.96. The molecule has 0 aliphatic rings. The molecule has 0 bridgehead atoms. The predicted octanol–water partition coefficient (Wildman–Crippen LogP) is 5.62. The number of aromatic nitrogens is 2. The highest BCUT2D eigenvalue weighted by Crippen LogP contribution is 2.34. The molecule has 1 aromatic heterocycles. The first-order chi connectivity index (χ1) is 13.0. The van der Waals surface area contributed by atoms with Gasteiger partial charge < -0.3 is 9.53 Å². The minimum atomic E-state index is 0.0626. The molecular formula is C21H21ClN2O2S. The van der Waals surface area contributed by atoms with Crippen LogP contribution in [0, 0.1) is 0 Å². The molecule has 4 nitrogen and oxygen atoms in total. The zero-order valence-electron chi connectivity index (χ0n) is 15.5. The first-order valence-electron chi connectivity index (χ1n) is 8.88. The van der Waals surface area contributed by atoms with Gasteiger partial charge >= 0.3 is 0 Å². The second-order valence-electron chi connectivity index (χ2n) is 6.40. The van der Waals surface area contributed by atoms with E-state index in [1.807, 2.05) is 50.2 Å². The molecule has 3 rings (SSSR count). The van der Waals surface area contributed by atoms with Crippen LogP contribution in [0.25, 0.3) is 22.0 Å². The fourth-order valence-corrected chi connectivity index (χ4v) is 3.87. The Bertz CT molecular complexity index is 953. The third-order valence-corrected chi connectivity index (χ3v) is 5.20. The number of aldehydes is 1. The molecule has 0 saturated heterocycles. The largest absolute Gasteiger partial charge is 0.489 e. The molecule has 0 aliphatic carbocycles. The third kappa shape index (κ3) is 4.37. The number of rotatable bonds is 7. The van der Waals surface area contributed by atoms with Gasteiger partial charge in [0.1, 0.15) is 17.0 Å². The number of halogens is 1. The van der Waals surface area contributed by atoms with Crippen molar-refractivity contribution in [2.24, 2.45) is 0 Å². The average molecular weight is 401 g/mol. The van der Waals surface area contributed by atoms with E-state index in [-0.39, 0.29) is 6.10 Å². The van der Waals surface area contributed by atoms with Crippen molar-refractivity contribution < 1.29 is 9.53 Å². The summed E-state index contributed by atoms with van der Waals surface area (Å²) in [5.41, 5.74) is 4.03. The molecule has 2 aromatic carbocycles. The number of benzene rings is 2. The highest BCUT2D eigenvalue weighted by Gasteiger charge is 2.15. The second-order valence-corrected chi connectivity index (χ2v) is 7.56. The van der Waals surface area contributed by atoms with Gasteiger partial charge in [-0.25, -0.2) is 4.98 Å². The van der Waals surface area contributed by atoms with E-state index in [1.54, 1.807) is 0 Å². The van der Waals surface area contributed by atoms with Gasteiger partial charge in [0.05, 0.1) is 11.1 Å². The summed E-state index contributed by atoms with van der Waals surface area (Å²) in [6.45, 7) is 6.00. The Hall–Kier alpha value is -2.24. The van der Waals surface area contributed by atoms with Gasteiger partial charge in [-0.2, -0.15) is 4.37 Å². The van der Waals surface area contributed by atoms with Crippen LogP contribution >= 0.6 is 23.1 Å². The first kappa shape index (κ1) is 19.5. The molecule has 0 spiro atoms. The Kier molecular flexibility index (Phi) is 6.24. The van der Waals surface area contributed by atoms with Crippen molar-refractivity contribution in [2.75, 3.05) is 0 Å². The van der Waals surface area contributed by atoms with Crippen LogP contribution in [0.5, 0.6) is 5.75 Å². The lowest BCUT2D eigenvalue weighted by Crippen LogP contribution is -2.05. The maximum absolute atomic E-state index is 11.0. The Balaban J connectivity index is 1.95. The minimum absolute atomic E-state index is 0.0626. The van der Waals surface area contributed by atoms with E-state index in [9.17, 15) is 4.79 Å². The lowest BCUT2D eigenvalue weighted by Gasteiger charge is -2.11. The topological polar surface area (TPSA) is 52.1 Å². The van der Waals surface area contributed by atoms with Crippen LogP contribution in [0.2, 0.25) is 5.02 Å². The van der Waals surface area contributed by atoms with E-state index in [1.165, 1.54) is 11.5 Å². The van der Waals surface area contributed by atoms with Crippen LogP contribution in [0.4, 0.5) is 0 Å². The zero-order valence-corrected chi connectivity index (χ0v) is 17.1. The van der Waals surface area contributed by atoms with Gasteiger partial charge in [0, 0.05) is 17.5 Å². The summed E-state index contributed by atoms with van der Waals surface area (Å²) in [6, 6.07) is 11.6. The molecule has 6 heteroatoms. The van der Waals surface area contributed by atoms with Gasteiger partial charge in [-0.1, -0.05) is 36.7 Å². The van der Waals surface area contributed by atoms with Crippen molar-refractivity contribution in [1.82, 2.24) is 9.36 Å². The van der Waals surface area contributed by atoms with Crippen LogP contribution in [-0.2, 0) is 17.6 Å².